The number of aromatic nitrogens is 3. The van der Waals surface area contributed by atoms with Gasteiger partial charge in [-0.25, -0.2) is 14.8 Å². The fourth-order valence-electron chi connectivity index (χ4n) is 2.11. The van der Waals surface area contributed by atoms with E-state index in [4.69, 9.17) is 0 Å². The molecule has 0 aromatic carbocycles. The van der Waals surface area contributed by atoms with Crippen molar-refractivity contribution < 1.29 is 9.90 Å². The summed E-state index contributed by atoms with van der Waals surface area (Å²) in [6, 6.07) is 0.277. The van der Waals surface area contributed by atoms with Gasteiger partial charge < -0.3 is 9.67 Å². The molecule has 100 valence electrons. The van der Waals surface area contributed by atoms with Gasteiger partial charge in [0.15, 0.2) is 0 Å². The maximum atomic E-state index is 11.3. The van der Waals surface area contributed by atoms with Gasteiger partial charge in [-0.3, -0.25) is 0 Å². The van der Waals surface area contributed by atoms with Crippen LogP contribution in [0.1, 0.15) is 54.0 Å². The second-order valence-corrected chi connectivity index (χ2v) is 6.09. The molecule has 0 unspecified atom stereocenters. The van der Waals surface area contributed by atoms with Crippen LogP contribution in [0.15, 0.2) is 12.5 Å². The predicted octanol–water partition coefficient (Wildman–Crippen LogP) is 3.16. The molecule has 1 N–H and O–H groups in total. The highest BCUT2D eigenvalue weighted by atomic mass is 32.1. The summed E-state index contributed by atoms with van der Waals surface area (Å²) in [5, 5.41) is 10.0. The van der Waals surface area contributed by atoms with Crippen molar-refractivity contribution in [2.75, 3.05) is 0 Å². The molecular weight excluding hydrogens is 262 g/mol. The second kappa shape index (κ2) is 4.45. The molecule has 2 aromatic heterocycles. The Morgan fingerprint density at radius 3 is 2.84 bits per heavy atom. The van der Waals surface area contributed by atoms with Crippen LogP contribution in [-0.2, 0) is 0 Å². The number of carboxylic acid groups (broad SMARTS) is 1. The van der Waals surface area contributed by atoms with Crippen LogP contribution in [0.4, 0.5) is 0 Å². The number of hydrogen-bond donors (Lipinski definition) is 1. The van der Waals surface area contributed by atoms with Crippen molar-refractivity contribution in [3.05, 3.63) is 23.1 Å². The van der Waals surface area contributed by atoms with Crippen molar-refractivity contribution in [1.29, 1.82) is 0 Å². The minimum absolute atomic E-state index is 0.277. The number of rotatable bonds is 4. The molecule has 5 nitrogen and oxygen atoms in total. The van der Waals surface area contributed by atoms with Gasteiger partial charge in [0.05, 0.1) is 23.9 Å². The van der Waals surface area contributed by atoms with E-state index in [0.29, 0.717) is 10.8 Å². The first-order chi connectivity index (χ1) is 9.08. The lowest BCUT2D eigenvalue weighted by Gasteiger charge is -2.09. The van der Waals surface area contributed by atoms with E-state index in [0.717, 1.165) is 29.2 Å². The molecule has 1 fully saturated rings. The van der Waals surface area contributed by atoms with Gasteiger partial charge in [0, 0.05) is 12.0 Å². The second-order valence-electron chi connectivity index (χ2n) is 5.09. The number of carbonyl (C=O) groups is 1. The molecule has 0 spiro atoms. The zero-order chi connectivity index (χ0) is 13.6. The van der Waals surface area contributed by atoms with Crippen LogP contribution >= 0.6 is 11.3 Å². The molecule has 1 aliphatic rings. The van der Waals surface area contributed by atoms with E-state index in [9.17, 15) is 9.90 Å². The highest BCUT2D eigenvalue weighted by molar-refractivity contribution is 7.17. The zero-order valence-electron chi connectivity index (χ0n) is 10.8. The fourth-order valence-corrected chi connectivity index (χ4v) is 3.11. The summed E-state index contributed by atoms with van der Waals surface area (Å²) in [6.07, 6.45) is 5.61. The number of carboxylic acids is 1. The van der Waals surface area contributed by atoms with Gasteiger partial charge in [0.25, 0.3) is 0 Å². The molecule has 0 saturated heterocycles. The Kier molecular flexibility index (Phi) is 2.89. The number of aromatic carboxylic acids is 1. The van der Waals surface area contributed by atoms with E-state index >= 15 is 0 Å². The molecule has 2 heterocycles. The van der Waals surface area contributed by atoms with Crippen molar-refractivity contribution >= 4 is 17.3 Å². The molecule has 19 heavy (non-hydrogen) atoms. The van der Waals surface area contributed by atoms with Crippen molar-refractivity contribution in [2.45, 2.75) is 38.6 Å². The smallest absolute Gasteiger partial charge is 0.347 e. The van der Waals surface area contributed by atoms with Crippen LogP contribution < -0.4 is 0 Å². The largest absolute Gasteiger partial charge is 0.477 e. The lowest BCUT2D eigenvalue weighted by molar-refractivity contribution is 0.0700. The number of imidazole rings is 1. The summed E-state index contributed by atoms with van der Waals surface area (Å²) in [6.45, 7) is 4.14. The van der Waals surface area contributed by atoms with E-state index in [1.54, 1.807) is 12.5 Å². The average Bonchev–Trinajstić information content (AvgIpc) is 2.93. The molecule has 0 bridgehead atoms. The van der Waals surface area contributed by atoms with Crippen LogP contribution in [0.2, 0.25) is 0 Å². The van der Waals surface area contributed by atoms with E-state index in [-0.39, 0.29) is 6.04 Å². The first-order valence-electron chi connectivity index (χ1n) is 6.34. The third-order valence-electron chi connectivity index (χ3n) is 3.25. The fraction of sp³-hybridized carbons (Fsp3) is 0.462. The lowest BCUT2D eigenvalue weighted by atomic mass is 10.2. The minimum Gasteiger partial charge on any atom is -0.477 e. The summed E-state index contributed by atoms with van der Waals surface area (Å²) < 4.78 is 2.02. The van der Waals surface area contributed by atoms with Gasteiger partial charge in [-0.1, -0.05) is 0 Å². The van der Waals surface area contributed by atoms with Crippen LogP contribution in [0, 0.1) is 0 Å². The van der Waals surface area contributed by atoms with Crippen LogP contribution in [0.5, 0.6) is 0 Å². The Balaban J connectivity index is 2.08. The Morgan fingerprint density at radius 2 is 2.26 bits per heavy atom. The van der Waals surface area contributed by atoms with Crippen LogP contribution in [0.3, 0.4) is 0 Å². The Labute approximate surface area is 114 Å². The van der Waals surface area contributed by atoms with Crippen molar-refractivity contribution in [3.8, 4) is 10.7 Å². The lowest BCUT2D eigenvalue weighted by Crippen LogP contribution is -2.00. The normalized spacial score (nSPS) is 15.1. The summed E-state index contributed by atoms with van der Waals surface area (Å²) >= 11 is 1.25. The molecule has 1 saturated carbocycles. The first kappa shape index (κ1) is 12.3. The van der Waals surface area contributed by atoms with Gasteiger partial charge in [0.2, 0.25) is 0 Å². The van der Waals surface area contributed by atoms with Crippen molar-refractivity contribution in [2.24, 2.45) is 0 Å². The van der Waals surface area contributed by atoms with Gasteiger partial charge in [-0.2, -0.15) is 0 Å². The third kappa shape index (κ3) is 2.16. The topological polar surface area (TPSA) is 68.0 Å². The standard InChI is InChI=1S/C13H15N3O2S/c1-7(2)16-6-14-5-9(16)12-15-10(8-3-4-8)11(19-12)13(17)18/h5-8H,3-4H2,1-2H3,(H,17,18). The molecule has 3 rings (SSSR count). The van der Waals surface area contributed by atoms with Crippen molar-refractivity contribution in [1.82, 2.24) is 14.5 Å². The molecule has 0 amide bonds. The quantitative estimate of drug-likeness (QED) is 0.932. The van der Waals surface area contributed by atoms with E-state index in [2.05, 4.69) is 23.8 Å². The van der Waals surface area contributed by atoms with Gasteiger partial charge in [-0.15, -0.1) is 11.3 Å². The predicted molar refractivity (Wildman–Crippen MR) is 72.7 cm³/mol. The SMILES string of the molecule is CC(C)n1cncc1-c1nc(C2CC2)c(C(=O)O)s1. The number of nitrogens with zero attached hydrogens (tertiary/aromatic N) is 3. The Morgan fingerprint density at radius 1 is 1.53 bits per heavy atom. The van der Waals surface area contributed by atoms with Gasteiger partial charge in [-0.05, 0) is 26.7 Å². The molecule has 2 aromatic rings. The van der Waals surface area contributed by atoms with Crippen molar-refractivity contribution in [3.63, 3.8) is 0 Å². The van der Waals surface area contributed by atoms with Crippen LogP contribution in [-0.4, -0.2) is 25.6 Å². The molecule has 1 aliphatic carbocycles. The third-order valence-corrected chi connectivity index (χ3v) is 4.33. The summed E-state index contributed by atoms with van der Waals surface area (Å²) in [4.78, 5) is 20.4. The molecule has 0 aliphatic heterocycles. The highest BCUT2D eigenvalue weighted by Crippen LogP contribution is 2.44. The summed E-state index contributed by atoms with van der Waals surface area (Å²) in [5.74, 6) is -0.534. The van der Waals surface area contributed by atoms with Gasteiger partial charge >= 0.3 is 5.97 Å². The number of thiazole rings is 1. The average molecular weight is 277 g/mol. The Hall–Kier alpha value is -1.69. The summed E-state index contributed by atoms with van der Waals surface area (Å²) in [5.41, 5.74) is 1.65. The van der Waals surface area contributed by atoms with E-state index in [1.165, 1.54) is 11.3 Å². The monoisotopic (exact) mass is 277 g/mol. The van der Waals surface area contributed by atoms with E-state index < -0.39 is 5.97 Å². The number of hydrogen-bond acceptors (Lipinski definition) is 4. The molecule has 0 atom stereocenters. The molecule has 6 heteroatoms. The zero-order valence-corrected chi connectivity index (χ0v) is 11.6. The molecular formula is C13H15N3O2S. The minimum atomic E-state index is -0.874. The van der Waals surface area contributed by atoms with Crippen LogP contribution in [0.25, 0.3) is 10.7 Å². The Bertz CT molecular complexity index is 626. The molecule has 0 radical (unpaired) electrons. The highest BCUT2D eigenvalue weighted by Gasteiger charge is 2.32. The van der Waals surface area contributed by atoms with Gasteiger partial charge in [0.1, 0.15) is 9.88 Å². The maximum absolute atomic E-state index is 11.3. The first-order valence-corrected chi connectivity index (χ1v) is 7.15. The summed E-state index contributed by atoms with van der Waals surface area (Å²) in [7, 11) is 0. The van der Waals surface area contributed by atoms with E-state index in [1.807, 2.05) is 4.57 Å². The maximum Gasteiger partial charge on any atom is 0.347 e.